The van der Waals surface area contributed by atoms with E-state index in [1.54, 1.807) is 7.11 Å². The molecule has 1 rings (SSSR count). The number of halogens is 1. The number of methoxy groups -OCH3 is 1. The molecule has 5 heteroatoms. The van der Waals surface area contributed by atoms with Crippen LogP contribution in [-0.4, -0.2) is 33.0 Å². The molecule has 0 aromatic heterocycles. The summed E-state index contributed by atoms with van der Waals surface area (Å²) in [5.41, 5.74) is 7.04. The highest BCUT2D eigenvalue weighted by atomic mass is 35.5. The molecule has 0 heterocycles. The first-order valence-electron chi connectivity index (χ1n) is 7.44. The highest BCUT2D eigenvalue weighted by molar-refractivity contribution is 6.32. The highest BCUT2D eigenvalue weighted by Gasteiger charge is 2.13. The molecule has 1 aromatic rings. The Balaban J connectivity index is 2.70. The molecule has 21 heavy (non-hydrogen) atoms. The first-order valence-corrected chi connectivity index (χ1v) is 7.82. The Kier molecular flexibility index (Phi) is 8.50. The second kappa shape index (κ2) is 9.87. The van der Waals surface area contributed by atoms with Crippen LogP contribution in [0.5, 0.6) is 11.5 Å². The summed E-state index contributed by atoms with van der Waals surface area (Å²) in [5, 5.41) is 0.545. The summed E-state index contributed by atoms with van der Waals surface area (Å²) in [6.45, 7) is 5.86. The summed E-state index contributed by atoms with van der Waals surface area (Å²) in [7, 11) is 1.61. The standard InChI is InChI=1S/C16H26ClNO3/c1-4-6-20-7-8-21-16-14(17)10-12(9-13(18)5-2)11-15(16)19-3/h10-11,13H,4-9,18H2,1-3H3. The molecule has 1 unspecified atom stereocenters. The Bertz CT molecular complexity index is 426. The molecule has 4 nitrogen and oxygen atoms in total. The van der Waals surface area contributed by atoms with Crippen molar-refractivity contribution in [1.29, 1.82) is 0 Å². The van der Waals surface area contributed by atoms with E-state index in [9.17, 15) is 0 Å². The second-order valence-corrected chi connectivity index (χ2v) is 5.35. The summed E-state index contributed by atoms with van der Waals surface area (Å²) >= 11 is 6.29. The van der Waals surface area contributed by atoms with Crippen LogP contribution >= 0.6 is 11.6 Å². The fourth-order valence-electron chi connectivity index (χ4n) is 1.93. The van der Waals surface area contributed by atoms with Crippen LogP contribution in [0.4, 0.5) is 0 Å². The molecule has 1 aromatic carbocycles. The average Bonchev–Trinajstić information content (AvgIpc) is 2.48. The van der Waals surface area contributed by atoms with Crippen LogP contribution in [0.2, 0.25) is 5.02 Å². The lowest BCUT2D eigenvalue weighted by molar-refractivity contribution is 0.0995. The van der Waals surface area contributed by atoms with Gasteiger partial charge in [-0.05, 0) is 37.0 Å². The second-order valence-electron chi connectivity index (χ2n) is 4.94. The molecular weight excluding hydrogens is 290 g/mol. The zero-order valence-electron chi connectivity index (χ0n) is 13.2. The van der Waals surface area contributed by atoms with E-state index in [1.807, 2.05) is 12.1 Å². The Labute approximate surface area is 132 Å². The van der Waals surface area contributed by atoms with Crippen LogP contribution in [-0.2, 0) is 11.2 Å². The Morgan fingerprint density at radius 3 is 2.57 bits per heavy atom. The van der Waals surface area contributed by atoms with E-state index in [4.69, 9.17) is 31.5 Å². The van der Waals surface area contributed by atoms with E-state index >= 15 is 0 Å². The van der Waals surface area contributed by atoms with Gasteiger partial charge in [0.1, 0.15) is 6.61 Å². The quantitative estimate of drug-likeness (QED) is 0.672. The summed E-state index contributed by atoms with van der Waals surface area (Å²) in [6, 6.07) is 3.95. The highest BCUT2D eigenvalue weighted by Crippen LogP contribution is 2.36. The maximum atomic E-state index is 6.29. The molecule has 0 amide bonds. The molecule has 0 bridgehead atoms. The maximum absolute atomic E-state index is 6.29. The van der Waals surface area contributed by atoms with Crippen molar-refractivity contribution < 1.29 is 14.2 Å². The minimum absolute atomic E-state index is 0.125. The summed E-state index contributed by atoms with van der Waals surface area (Å²) < 4.78 is 16.4. The molecule has 0 aliphatic heterocycles. The van der Waals surface area contributed by atoms with Crippen LogP contribution in [0.15, 0.2) is 12.1 Å². The van der Waals surface area contributed by atoms with Crippen molar-refractivity contribution in [3.8, 4) is 11.5 Å². The number of ether oxygens (including phenoxy) is 3. The molecule has 120 valence electrons. The van der Waals surface area contributed by atoms with Gasteiger partial charge in [-0.15, -0.1) is 0 Å². The van der Waals surface area contributed by atoms with Gasteiger partial charge in [0.15, 0.2) is 11.5 Å². The third kappa shape index (κ3) is 6.12. The molecule has 0 fully saturated rings. The monoisotopic (exact) mass is 315 g/mol. The van der Waals surface area contributed by atoms with E-state index in [1.165, 1.54) is 0 Å². The van der Waals surface area contributed by atoms with E-state index in [0.717, 1.165) is 31.4 Å². The third-order valence-corrected chi connectivity index (χ3v) is 3.41. The fourth-order valence-corrected chi connectivity index (χ4v) is 2.22. The van der Waals surface area contributed by atoms with Crippen molar-refractivity contribution in [2.24, 2.45) is 5.73 Å². The number of rotatable bonds is 10. The van der Waals surface area contributed by atoms with Crippen LogP contribution in [0.1, 0.15) is 32.3 Å². The Morgan fingerprint density at radius 1 is 1.19 bits per heavy atom. The molecule has 1 atom stereocenters. The first-order chi connectivity index (χ1) is 10.1. The largest absolute Gasteiger partial charge is 0.493 e. The topological polar surface area (TPSA) is 53.7 Å². The van der Waals surface area contributed by atoms with Gasteiger partial charge in [-0.3, -0.25) is 0 Å². The number of benzene rings is 1. The van der Waals surface area contributed by atoms with Gasteiger partial charge >= 0.3 is 0 Å². The number of hydrogen-bond donors (Lipinski definition) is 1. The number of hydrogen-bond acceptors (Lipinski definition) is 4. The van der Waals surface area contributed by atoms with Crippen molar-refractivity contribution in [3.63, 3.8) is 0 Å². The summed E-state index contributed by atoms with van der Waals surface area (Å²) in [6.07, 6.45) is 2.69. The third-order valence-electron chi connectivity index (χ3n) is 3.13. The molecular formula is C16H26ClNO3. The lowest BCUT2D eigenvalue weighted by Gasteiger charge is -2.15. The molecule has 2 N–H and O–H groups in total. The van der Waals surface area contributed by atoms with Crippen molar-refractivity contribution in [3.05, 3.63) is 22.7 Å². The minimum atomic E-state index is 0.125. The van der Waals surface area contributed by atoms with Gasteiger partial charge in [-0.2, -0.15) is 0 Å². The molecule has 0 spiro atoms. The van der Waals surface area contributed by atoms with Crippen LogP contribution in [0.3, 0.4) is 0 Å². The Morgan fingerprint density at radius 2 is 1.95 bits per heavy atom. The van der Waals surface area contributed by atoms with Gasteiger partial charge in [-0.25, -0.2) is 0 Å². The van der Waals surface area contributed by atoms with Gasteiger partial charge in [-0.1, -0.05) is 25.4 Å². The fraction of sp³-hybridized carbons (Fsp3) is 0.625. The van der Waals surface area contributed by atoms with Gasteiger partial charge in [0, 0.05) is 12.6 Å². The van der Waals surface area contributed by atoms with E-state index in [0.29, 0.717) is 29.7 Å². The summed E-state index contributed by atoms with van der Waals surface area (Å²) in [4.78, 5) is 0. The SMILES string of the molecule is CCCOCCOc1c(Cl)cc(CC(N)CC)cc1OC. The van der Waals surface area contributed by atoms with E-state index in [2.05, 4.69) is 13.8 Å². The minimum Gasteiger partial charge on any atom is -0.493 e. The zero-order chi connectivity index (χ0) is 15.7. The molecule has 0 saturated heterocycles. The predicted octanol–water partition coefficient (Wildman–Crippen LogP) is 3.43. The normalized spacial score (nSPS) is 12.2. The van der Waals surface area contributed by atoms with Crippen LogP contribution < -0.4 is 15.2 Å². The van der Waals surface area contributed by atoms with Crippen molar-refractivity contribution in [1.82, 2.24) is 0 Å². The average molecular weight is 316 g/mol. The predicted molar refractivity (Wildman–Crippen MR) is 86.6 cm³/mol. The van der Waals surface area contributed by atoms with Crippen molar-refractivity contribution in [2.45, 2.75) is 39.2 Å². The van der Waals surface area contributed by atoms with E-state index in [-0.39, 0.29) is 6.04 Å². The lowest BCUT2D eigenvalue weighted by Crippen LogP contribution is -2.21. The van der Waals surface area contributed by atoms with Gasteiger partial charge in [0.05, 0.1) is 18.7 Å². The Hall–Kier alpha value is -0.970. The first kappa shape index (κ1) is 18.1. The van der Waals surface area contributed by atoms with Gasteiger partial charge in [0.25, 0.3) is 0 Å². The molecule has 0 aliphatic rings. The maximum Gasteiger partial charge on any atom is 0.179 e. The smallest absolute Gasteiger partial charge is 0.179 e. The van der Waals surface area contributed by atoms with Gasteiger partial charge < -0.3 is 19.9 Å². The zero-order valence-corrected chi connectivity index (χ0v) is 13.9. The lowest BCUT2D eigenvalue weighted by atomic mass is 10.0. The number of nitrogens with two attached hydrogens (primary N) is 1. The van der Waals surface area contributed by atoms with Crippen LogP contribution in [0.25, 0.3) is 0 Å². The molecule has 0 saturated carbocycles. The van der Waals surface area contributed by atoms with Crippen LogP contribution in [0, 0.1) is 0 Å². The van der Waals surface area contributed by atoms with Crippen molar-refractivity contribution in [2.75, 3.05) is 26.9 Å². The molecule has 0 radical (unpaired) electrons. The van der Waals surface area contributed by atoms with E-state index < -0.39 is 0 Å². The summed E-state index contributed by atoms with van der Waals surface area (Å²) in [5.74, 6) is 1.20. The van der Waals surface area contributed by atoms with Crippen molar-refractivity contribution >= 4 is 11.6 Å². The van der Waals surface area contributed by atoms with Gasteiger partial charge in [0.2, 0.25) is 0 Å². The molecule has 0 aliphatic carbocycles.